The predicted octanol–water partition coefficient (Wildman–Crippen LogP) is 4.27. The summed E-state index contributed by atoms with van der Waals surface area (Å²) in [6.45, 7) is 13.0. The van der Waals surface area contributed by atoms with Crippen LogP contribution < -0.4 is 0 Å². The molecule has 0 spiro atoms. The first-order chi connectivity index (χ1) is 4.52. The maximum absolute atomic E-state index is 4.04. The molecule has 0 bridgehead atoms. The summed E-state index contributed by atoms with van der Waals surface area (Å²) in [5, 5.41) is 0. The highest BCUT2D eigenvalue weighted by Gasteiger charge is 2.00. The van der Waals surface area contributed by atoms with E-state index < -0.39 is 0 Å². The first kappa shape index (κ1) is 13.3. The highest BCUT2D eigenvalue weighted by Crippen LogP contribution is 2.16. The van der Waals surface area contributed by atoms with E-state index in [0.717, 1.165) is 11.8 Å². The average Bonchev–Trinajstić information content (AvgIpc) is 1.58. The lowest BCUT2D eigenvalue weighted by Gasteiger charge is -2.09. The van der Waals surface area contributed by atoms with Crippen molar-refractivity contribution in [3.63, 3.8) is 0 Å². The van der Waals surface area contributed by atoms with Crippen LogP contribution in [0.2, 0.25) is 0 Å². The summed E-state index contributed by atoms with van der Waals surface area (Å²) in [7, 11) is 0. The molecule has 0 amide bonds. The van der Waals surface area contributed by atoms with E-state index in [-0.39, 0.29) is 7.43 Å². The lowest BCUT2D eigenvalue weighted by Crippen LogP contribution is -1.94. The molecule has 0 unspecified atom stereocenters. The Bertz CT molecular complexity index is 86.6. The Morgan fingerprint density at radius 2 is 1.27 bits per heavy atom. The second-order valence-corrected chi connectivity index (χ2v) is 3.95. The molecule has 0 fully saturated rings. The van der Waals surface area contributed by atoms with Gasteiger partial charge in [-0.3, -0.25) is 0 Å². The standard InChI is InChI=1S/C10H20.CH4/c1-8(2)6-10(5)7-9(3)4;/h8-9H,5-7H2,1-4H3;1H4. The van der Waals surface area contributed by atoms with Crippen LogP contribution in [0.5, 0.6) is 0 Å². The van der Waals surface area contributed by atoms with E-state index >= 15 is 0 Å². The summed E-state index contributed by atoms with van der Waals surface area (Å²) < 4.78 is 0. The van der Waals surface area contributed by atoms with Gasteiger partial charge in [-0.15, -0.1) is 0 Å². The van der Waals surface area contributed by atoms with Crippen LogP contribution in [0, 0.1) is 11.8 Å². The molecule has 0 rings (SSSR count). The summed E-state index contributed by atoms with van der Waals surface area (Å²) in [6, 6.07) is 0. The summed E-state index contributed by atoms with van der Waals surface area (Å²) in [5.41, 5.74) is 1.41. The van der Waals surface area contributed by atoms with Crippen LogP contribution in [0.3, 0.4) is 0 Å². The second-order valence-electron chi connectivity index (χ2n) is 3.95. The number of rotatable bonds is 4. The Balaban J connectivity index is 0. The zero-order valence-corrected chi connectivity index (χ0v) is 7.78. The van der Waals surface area contributed by atoms with Gasteiger partial charge in [0.2, 0.25) is 0 Å². The van der Waals surface area contributed by atoms with Gasteiger partial charge in [0.1, 0.15) is 0 Å². The predicted molar refractivity (Wildman–Crippen MR) is 54.8 cm³/mol. The first-order valence-electron chi connectivity index (χ1n) is 4.19. The van der Waals surface area contributed by atoms with E-state index in [1.807, 2.05) is 0 Å². The fourth-order valence-corrected chi connectivity index (χ4v) is 1.24. The summed E-state index contributed by atoms with van der Waals surface area (Å²) >= 11 is 0. The molecule has 0 aromatic heterocycles. The van der Waals surface area contributed by atoms with E-state index in [4.69, 9.17) is 0 Å². The molecule has 0 heterocycles. The number of hydrogen-bond donors (Lipinski definition) is 0. The lowest BCUT2D eigenvalue weighted by atomic mass is 9.97. The van der Waals surface area contributed by atoms with Crippen molar-refractivity contribution in [2.45, 2.75) is 48.0 Å². The van der Waals surface area contributed by atoms with Crippen molar-refractivity contribution in [3.05, 3.63) is 12.2 Å². The van der Waals surface area contributed by atoms with Crippen molar-refractivity contribution in [3.8, 4) is 0 Å². The normalized spacial score (nSPS) is 10.0. The minimum atomic E-state index is 0. The molecule has 0 aromatic carbocycles. The fraction of sp³-hybridized carbons (Fsp3) is 0.818. The summed E-state index contributed by atoms with van der Waals surface area (Å²) in [6.07, 6.45) is 2.39. The minimum Gasteiger partial charge on any atom is -0.0998 e. The molecule has 0 aliphatic carbocycles. The van der Waals surface area contributed by atoms with E-state index in [1.165, 1.54) is 18.4 Å². The molecule has 68 valence electrons. The maximum Gasteiger partial charge on any atom is -0.0300 e. The van der Waals surface area contributed by atoms with Gasteiger partial charge >= 0.3 is 0 Å². The molecule has 0 N–H and O–H groups in total. The Morgan fingerprint density at radius 3 is 1.45 bits per heavy atom. The van der Waals surface area contributed by atoms with Crippen molar-refractivity contribution in [2.75, 3.05) is 0 Å². The summed E-state index contributed by atoms with van der Waals surface area (Å²) in [4.78, 5) is 0. The van der Waals surface area contributed by atoms with Crippen LogP contribution in [0.15, 0.2) is 12.2 Å². The monoisotopic (exact) mass is 156 g/mol. The molecule has 0 radical (unpaired) electrons. The molecule has 0 saturated carbocycles. The average molecular weight is 156 g/mol. The van der Waals surface area contributed by atoms with Gasteiger partial charge in [-0.05, 0) is 24.7 Å². The molecule has 0 heteroatoms. The van der Waals surface area contributed by atoms with Crippen molar-refractivity contribution in [2.24, 2.45) is 11.8 Å². The van der Waals surface area contributed by atoms with Crippen LogP contribution in [0.1, 0.15) is 48.0 Å². The van der Waals surface area contributed by atoms with Crippen LogP contribution >= 0.6 is 0 Å². The van der Waals surface area contributed by atoms with Gasteiger partial charge in [0.15, 0.2) is 0 Å². The largest absolute Gasteiger partial charge is 0.0998 e. The van der Waals surface area contributed by atoms with Crippen molar-refractivity contribution < 1.29 is 0 Å². The third-order valence-electron chi connectivity index (χ3n) is 1.39. The third kappa shape index (κ3) is 9.74. The molecule has 0 saturated heterocycles. The van der Waals surface area contributed by atoms with Crippen LogP contribution in [-0.2, 0) is 0 Å². The Kier molecular flexibility index (Phi) is 7.82. The van der Waals surface area contributed by atoms with Crippen LogP contribution in [-0.4, -0.2) is 0 Å². The fourth-order valence-electron chi connectivity index (χ4n) is 1.24. The number of allylic oxidation sites excluding steroid dienone is 1. The molecular formula is C11H24. The van der Waals surface area contributed by atoms with Crippen molar-refractivity contribution in [1.82, 2.24) is 0 Å². The van der Waals surface area contributed by atoms with Gasteiger partial charge in [0.05, 0.1) is 0 Å². The van der Waals surface area contributed by atoms with Crippen LogP contribution in [0.25, 0.3) is 0 Å². The van der Waals surface area contributed by atoms with Gasteiger partial charge < -0.3 is 0 Å². The van der Waals surface area contributed by atoms with Crippen molar-refractivity contribution >= 4 is 0 Å². The van der Waals surface area contributed by atoms with Gasteiger partial charge in [-0.1, -0.05) is 47.3 Å². The Hall–Kier alpha value is -0.260. The van der Waals surface area contributed by atoms with E-state index in [2.05, 4.69) is 34.3 Å². The van der Waals surface area contributed by atoms with Crippen LogP contribution in [0.4, 0.5) is 0 Å². The van der Waals surface area contributed by atoms with Gasteiger partial charge in [-0.25, -0.2) is 0 Å². The smallest absolute Gasteiger partial charge is 0.0300 e. The molecule has 0 nitrogen and oxygen atoms in total. The third-order valence-corrected chi connectivity index (χ3v) is 1.39. The molecule has 0 aliphatic heterocycles. The van der Waals surface area contributed by atoms with E-state index in [1.54, 1.807) is 0 Å². The van der Waals surface area contributed by atoms with Gasteiger partial charge in [-0.2, -0.15) is 0 Å². The zero-order chi connectivity index (χ0) is 8.15. The molecule has 0 aliphatic rings. The Morgan fingerprint density at radius 1 is 1.00 bits per heavy atom. The van der Waals surface area contributed by atoms with E-state index in [0.29, 0.717) is 0 Å². The number of hydrogen-bond acceptors (Lipinski definition) is 0. The minimum absolute atomic E-state index is 0. The maximum atomic E-state index is 4.04. The molecule has 0 aromatic rings. The topological polar surface area (TPSA) is 0 Å². The summed E-state index contributed by atoms with van der Waals surface area (Å²) in [5.74, 6) is 1.54. The van der Waals surface area contributed by atoms with Gasteiger partial charge in [0.25, 0.3) is 0 Å². The highest BCUT2D eigenvalue weighted by molar-refractivity contribution is 4.95. The second kappa shape index (κ2) is 6.45. The Labute approximate surface area is 72.7 Å². The molecule has 0 atom stereocenters. The lowest BCUT2D eigenvalue weighted by molar-refractivity contribution is 0.573. The zero-order valence-electron chi connectivity index (χ0n) is 7.78. The van der Waals surface area contributed by atoms with Crippen molar-refractivity contribution in [1.29, 1.82) is 0 Å². The van der Waals surface area contributed by atoms with Gasteiger partial charge in [0, 0.05) is 0 Å². The van der Waals surface area contributed by atoms with E-state index in [9.17, 15) is 0 Å². The highest BCUT2D eigenvalue weighted by atomic mass is 14.1. The quantitative estimate of drug-likeness (QED) is 0.533. The molecule has 11 heavy (non-hydrogen) atoms. The first-order valence-corrected chi connectivity index (χ1v) is 4.19. The molecular weight excluding hydrogens is 132 g/mol. The SMILES string of the molecule is C.C=C(CC(C)C)CC(C)C.